The zero-order valence-electron chi connectivity index (χ0n) is 15.7. The molecule has 1 aromatic rings. The molecule has 2 aliphatic rings. The summed E-state index contributed by atoms with van der Waals surface area (Å²) in [5.41, 5.74) is 8.85. The molecule has 0 aromatic carbocycles. The van der Waals surface area contributed by atoms with Gasteiger partial charge in [0.05, 0.1) is 18.4 Å². The molecule has 0 spiro atoms. The predicted octanol–water partition coefficient (Wildman–Crippen LogP) is -1.20. The highest BCUT2D eigenvalue weighted by Gasteiger charge is 2.53. The Kier molecular flexibility index (Phi) is 5.74. The van der Waals surface area contributed by atoms with Gasteiger partial charge in [-0.1, -0.05) is 0 Å². The summed E-state index contributed by atoms with van der Waals surface area (Å²) in [6.45, 7) is 0.373. The Hall–Kier alpha value is -2.75. The van der Waals surface area contributed by atoms with Gasteiger partial charge in [0.25, 0.3) is 0 Å². The van der Waals surface area contributed by atoms with Crippen LogP contribution >= 0.6 is 0 Å². The number of hydrogen-bond donors (Lipinski definition) is 3. The summed E-state index contributed by atoms with van der Waals surface area (Å²) in [4.78, 5) is 34.9. The maximum absolute atomic E-state index is 12.8. The lowest BCUT2D eigenvalue weighted by molar-refractivity contribution is -0.148. The third-order valence-corrected chi connectivity index (χ3v) is 4.91. The average Bonchev–Trinajstić information content (AvgIpc) is 3.16. The Morgan fingerprint density at radius 2 is 2.24 bits per heavy atom. The van der Waals surface area contributed by atoms with E-state index in [0.29, 0.717) is 29.3 Å². The van der Waals surface area contributed by atoms with Crippen LogP contribution in [0.15, 0.2) is 11.2 Å². The molecule has 29 heavy (non-hydrogen) atoms. The molecule has 0 radical (unpaired) electrons. The highest BCUT2D eigenvalue weighted by molar-refractivity contribution is 7.80. The van der Waals surface area contributed by atoms with E-state index in [1.54, 1.807) is 7.05 Å². The smallest absolute Gasteiger partial charge is 0.342 e. The number of rotatable bonds is 6. The van der Waals surface area contributed by atoms with E-state index in [0.717, 1.165) is 0 Å². The first kappa shape index (κ1) is 21.0. The number of aryl methyl sites for hydroxylation is 1. The zero-order valence-corrected chi connectivity index (χ0v) is 16.5. The van der Waals surface area contributed by atoms with Gasteiger partial charge in [0.2, 0.25) is 0 Å². The van der Waals surface area contributed by atoms with E-state index in [1.165, 1.54) is 22.8 Å². The molecule has 3 rings (SSSR count). The van der Waals surface area contributed by atoms with E-state index >= 15 is 0 Å². The van der Waals surface area contributed by atoms with E-state index in [1.807, 2.05) is 0 Å². The normalized spacial score (nSPS) is 21.4. The van der Waals surface area contributed by atoms with Crippen molar-refractivity contribution < 1.29 is 31.7 Å². The van der Waals surface area contributed by atoms with Crippen LogP contribution in [0.1, 0.15) is 36.2 Å². The summed E-state index contributed by atoms with van der Waals surface area (Å²) < 4.78 is 37.3. The number of fused-ring (bicyclic) bond motifs is 4. The molecule has 0 aliphatic carbocycles. The molecular formula is C14H21N7O7S. The Balaban J connectivity index is 1.91. The fourth-order valence-electron chi connectivity index (χ4n) is 3.33. The molecule has 15 heteroatoms. The molecule has 14 nitrogen and oxygen atoms in total. The Bertz CT molecular complexity index is 944. The Morgan fingerprint density at radius 1 is 1.52 bits per heavy atom. The van der Waals surface area contributed by atoms with Gasteiger partial charge in [0.1, 0.15) is 12.1 Å². The third-order valence-electron chi connectivity index (χ3n) is 4.56. The van der Waals surface area contributed by atoms with E-state index < -0.39 is 34.5 Å². The van der Waals surface area contributed by atoms with Crippen molar-refractivity contribution in [3.63, 3.8) is 0 Å². The van der Waals surface area contributed by atoms with Gasteiger partial charge in [-0.05, 0) is 13.0 Å². The number of hydrogen-bond acceptors (Lipinski definition) is 9. The van der Waals surface area contributed by atoms with E-state index in [-0.39, 0.29) is 18.8 Å². The Morgan fingerprint density at radius 3 is 2.86 bits per heavy atom. The molecule has 2 bridgehead atoms. The zero-order chi connectivity index (χ0) is 21.3. The van der Waals surface area contributed by atoms with Crippen molar-refractivity contribution in [2.24, 2.45) is 17.8 Å². The highest BCUT2D eigenvalue weighted by atomic mass is 32.3. The van der Waals surface area contributed by atoms with Gasteiger partial charge in [0.15, 0.2) is 5.84 Å². The van der Waals surface area contributed by atoms with E-state index in [2.05, 4.69) is 19.9 Å². The molecule has 2 amide bonds. The number of nitrogens with two attached hydrogens (primary N) is 1. The number of aromatic nitrogens is 2. The largest absolute Gasteiger partial charge is 0.418 e. The number of nitrogens with zero attached hydrogens (tertiary/aromatic N) is 5. The summed E-state index contributed by atoms with van der Waals surface area (Å²) >= 11 is 0. The first-order valence-electron chi connectivity index (χ1n) is 8.59. The maximum atomic E-state index is 12.8. The number of amidine groups is 1. The van der Waals surface area contributed by atoms with Gasteiger partial charge in [-0.3, -0.25) is 14.2 Å². The van der Waals surface area contributed by atoms with Crippen LogP contribution in [0.4, 0.5) is 4.79 Å². The van der Waals surface area contributed by atoms with Crippen LogP contribution in [0.2, 0.25) is 0 Å². The minimum Gasteiger partial charge on any atom is -0.342 e. The van der Waals surface area contributed by atoms with Crippen molar-refractivity contribution in [3.05, 3.63) is 17.5 Å². The quantitative estimate of drug-likeness (QED) is 0.214. The lowest BCUT2D eigenvalue weighted by Crippen LogP contribution is -2.45. The molecule has 1 saturated heterocycles. The van der Waals surface area contributed by atoms with Crippen LogP contribution in [-0.4, -0.2) is 70.7 Å². The standard InChI is InChI=1S/C14H21N7O7S/c1-16-13(18-27-10(22)4-3-5-15)12-11-8(6-17-19(11)2)9-7-20(12)14(23)21(9)28-29(24,25)26/h6,9,12H,3-5,7,15H2,1-2H3,(H,16,18)(H,24,25,26)/t9-,12-/m0/s1. The number of hydroxylamine groups is 3. The molecule has 160 valence electrons. The van der Waals surface area contributed by atoms with Gasteiger partial charge in [-0.2, -0.15) is 18.6 Å². The second-order valence-corrected chi connectivity index (χ2v) is 7.37. The summed E-state index contributed by atoms with van der Waals surface area (Å²) in [7, 11) is -1.85. The second-order valence-electron chi connectivity index (χ2n) is 6.37. The number of carbonyl (C=O) groups is 2. The van der Waals surface area contributed by atoms with Gasteiger partial charge >= 0.3 is 22.4 Å². The maximum Gasteiger partial charge on any atom is 0.418 e. The lowest BCUT2D eigenvalue weighted by Gasteiger charge is -2.31. The molecule has 1 aromatic heterocycles. The number of amides is 2. The van der Waals surface area contributed by atoms with Crippen LogP contribution in [0.3, 0.4) is 0 Å². The SMILES string of the molecule is CN=C(NOC(=O)CCCN)[C@@H]1c2c(cnn2C)[C@@H]2CN1C(=O)N2OS(=O)(=O)O. The van der Waals surface area contributed by atoms with Crippen LogP contribution in [-0.2, 0) is 31.4 Å². The molecule has 4 N–H and O–H groups in total. The van der Waals surface area contributed by atoms with E-state index in [4.69, 9.17) is 15.1 Å². The minimum atomic E-state index is -4.92. The minimum absolute atomic E-state index is 0.0412. The molecule has 0 unspecified atom stereocenters. The molecular weight excluding hydrogens is 410 g/mol. The summed E-state index contributed by atoms with van der Waals surface area (Å²) in [6.07, 6.45) is 2.01. The third kappa shape index (κ3) is 4.02. The van der Waals surface area contributed by atoms with Crippen LogP contribution in [0.5, 0.6) is 0 Å². The summed E-state index contributed by atoms with van der Waals surface area (Å²) in [5, 5.41) is 4.72. The van der Waals surface area contributed by atoms with Crippen molar-refractivity contribution in [2.45, 2.75) is 24.9 Å². The molecule has 3 heterocycles. The fraction of sp³-hybridized carbons (Fsp3) is 0.571. The summed E-state index contributed by atoms with van der Waals surface area (Å²) in [5.74, 6) is -0.434. The van der Waals surface area contributed by atoms with Crippen LogP contribution in [0, 0.1) is 0 Å². The Labute approximate surface area is 166 Å². The fourth-order valence-corrected chi connectivity index (χ4v) is 3.71. The van der Waals surface area contributed by atoms with Crippen molar-refractivity contribution in [1.82, 2.24) is 25.2 Å². The number of urea groups is 1. The first-order valence-corrected chi connectivity index (χ1v) is 9.95. The molecule has 0 saturated carbocycles. The van der Waals surface area contributed by atoms with Gasteiger partial charge in [-0.15, -0.1) is 4.28 Å². The van der Waals surface area contributed by atoms with Gasteiger partial charge < -0.3 is 15.5 Å². The van der Waals surface area contributed by atoms with Crippen molar-refractivity contribution in [1.29, 1.82) is 0 Å². The molecule has 1 fully saturated rings. The molecule has 2 atom stereocenters. The average molecular weight is 431 g/mol. The summed E-state index contributed by atoms with van der Waals surface area (Å²) in [6, 6.07) is -2.48. The van der Waals surface area contributed by atoms with Crippen molar-refractivity contribution >= 4 is 28.2 Å². The van der Waals surface area contributed by atoms with Crippen molar-refractivity contribution in [3.8, 4) is 0 Å². The van der Waals surface area contributed by atoms with Crippen LogP contribution < -0.4 is 11.2 Å². The number of aliphatic imine (C=N–C) groups is 1. The highest BCUT2D eigenvalue weighted by Crippen LogP contribution is 2.44. The number of nitrogens with one attached hydrogen (secondary N) is 1. The van der Waals surface area contributed by atoms with E-state index in [9.17, 15) is 18.0 Å². The topological polar surface area (TPSA) is 182 Å². The van der Waals surface area contributed by atoms with Crippen molar-refractivity contribution in [2.75, 3.05) is 20.1 Å². The second kappa shape index (κ2) is 7.94. The first-order chi connectivity index (χ1) is 13.7. The number of carbonyl (C=O) groups excluding carboxylic acids is 2. The molecule has 2 aliphatic heterocycles. The monoisotopic (exact) mass is 431 g/mol. The van der Waals surface area contributed by atoms with Gasteiger partial charge in [0, 0.05) is 26.1 Å². The predicted molar refractivity (Wildman–Crippen MR) is 96.1 cm³/mol. The van der Waals surface area contributed by atoms with Crippen LogP contribution in [0.25, 0.3) is 0 Å². The lowest BCUT2D eigenvalue weighted by atomic mass is 9.97. The van der Waals surface area contributed by atoms with Gasteiger partial charge in [-0.25, -0.2) is 15.1 Å².